The first-order chi connectivity index (χ1) is 9.95. The fraction of sp³-hybridized carbons (Fsp3) is 0.471. The van der Waals surface area contributed by atoms with Crippen LogP contribution in [-0.2, 0) is 4.79 Å². The molecule has 0 amide bonds. The van der Waals surface area contributed by atoms with Crippen molar-refractivity contribution in [1.82, 2.24) is 0 Å². The zero-order valence-corrected chi connectivity index (χ0v) is 13.7. The summed E-state index contributed by atoms with van der Waals surface area (Å²) in [5.74, 6) is -0.946. The summed E-state index contributed by atoms with van der Waals surface area (Å²) in [6.07, 6.45) is 6.26. The highest BCUT2D eigenvalue weighted by atomic mass is 35.5. The molecule has 0 spiro atoms. The summed E-state index contributed by atoms with van der Waals surface area (Å²) in [5.41, 5.74) is 1.87. The molecule has 21 heavy (non-hydrogen) atoms. The van der Waals surface area contributed by atoms with Gasteiger partial charge in [-0.05, 0) is 44.0 Å². The molecule has 0 bridgehead atoms. The van der Waals surface area contributed by atoms with E-state index in [4.69, 9.17) is 16.7 Å². The number of rotatable bonds is 8. The minimum absolute atomic E-state index is 0.331. The van der Waals surface area contributed by atoms with Gasteiger partial charge in [0.1, 0.15) is 0 Å². The molecule has 1 N–H and O–H groups in total. The van der Waals surface area contributed by atoms with Crippen LogP contribution in [-0.4, -0.2) is 23.7 Å². The van der Waals surface area contributed by atoms with E-state index in [-0.39, 0.29) is 0 Å². The fourth-order valence-corrected chi connectivity index (χ4v) is 2.42. The Bertz CT molecular complexity index is 498. The number of carboxylic acid groups (broad SMARTS) is 1. The Kier molecular flexibility index (Phi) is 7.30. The molecule has 116 valence electrons. The summed E-state index contributed by atoms with van der Waals surface area (Å²) in [4.78, 5) is 13.0. The van der Waals surface area contributed by atoms with Gasteiger partial charge in [0.25, 0.3) is 0 Å². The van der Waals surface area contributed by atoms with E-state index >= 15 is 0 Å². The smallest absolute Gasteiger partial charge is 0.328 e. The van der Waals surface area contributed by atoms with Crippen molar-refractivity contribution in [2.24, 2.45) is 0 Å². The molecule has 0 aliphatic heterocycles. The molecule has 1 rings (SSSR count). The molecule has 0 atom stereocenters. The summed E-state index contributed by atoms with van der Waals surface area (Å²) >= 11 is 6.12. The van der Waals surface area contributed by atoms with E-state index in [1.165, 1.54) is 12.8 Å². The van der Waals surface area contributed by atoms with Crippen molar-refractivity contribution >= 4 is 29.3 Å². The largest absolute Gasteiger partial charge is 0.478 e. The molecular weight excluding hydrogens is 286 g/mol. The number of hydrogen-bond acceptors (Lipinski definition) is 2. The Hall–Kier alpha value is -1.48. The molecule has 1 aromatic carbocycles. The molecule has 0 saturated heterocycles. The van der Waals surface area contributed by atoms with E-state index in [9.17, 15) is 4.79 Å². The van der Waals surface area contributed by atoms with E-state index in [2.05, 4.69) is 25.7 Å². The van der Waals surface area contributed by atoms with Gasteiger partial charge >= 0.3 is 5.97 Å². The first kappa shape index (κ1) is 17.6. The van der Waals surface area contributed by atoms with Crippen LogP contribution in [0.1, 0.15) is 45.6 Å². The molecule has 0 saturated carbocycles. The average molecular weight is 310 g/mol. The summed E-state index contributed by atoms with van der Waals surface area (Å²) in [7, 11) is 0. The van der Waals surface area contributed by atoms with Crippen LogP contribution in [0.2, 0.25) is 5.02 Å². The normalized spacial score (nSPS) is 11.3. The zero-order chi connectivity index (χ0) is 15.8. The fourth-order valence-electron chi connectivity index (χ4n) is 2.26. The van der Waals surface area contributed by atoms with Crippen molar-refractivity contribution in [2.75, 3.05) is 11.4 Å². The molecule has 0 aliphatic carbocycles. The Morgan fingerprint density at radius 3 is 2.67 bits per heavy atom. The Balaban J connectivity index is 3.09. The third-order valence-electron chi connectivity index (χ3n) is 3.33. The monoisotopic (exact) mass is 309 g/mol. The number of halogens is 1. The SMILES string of the molecule is CCCCCN(c1cc(Cl)ccc1/C=C/C(=O)O)C(C)C. The first-order valence-corrected chi connectivity index (χ1v) is 7.80. The second-order valence-electron chi connectivity index (χ2n) is 5.37. The highest BCUT2D eigenvalue weighted by Crippen LogP contribution is 2.28. The van der Waals surface area contributed by atoms with Gasteiger partial charge in [0.05, 0.1) is 0 Å². The van der Waals surface area contributed by atoms with Gasteiger partial charge in [-0.15, -0.1) is 0 Å². The van der Waals surface area contributed by atoms with Crippen LogP contribution in [0.5, 0.6) is 0 Å². The summed E-state index contributed by atoms with van der Waals surface area (Å²) in [6, 6.07) is 5.90. The number of anilines is 1. The number of carboxylic acids is 1. The lowest BCUT2D eigenvalue weighted by molar-refractivity contribution is -0.131. The van der Waals surface area contributed by atoms with Crippen molar-refractivity contribution < 1.29 is 9.90 Å². The molecule has 0 heterocycles. The van der Waals surface area contributed by atoms with Gasteiger partial charge in [-0.2, -0.15) is 0 Å². The molecule has 0 aliphatic rings. The summed E-state index contributed by atoms with van der Waals surface area (Å²) in [6.45, 7) is 7.40. The minimum atomic E-state index is -0.946. The molecule has 1 aromatic rings. The number of aliphatic carboxylic acids is 1. The van der Waals surface area contributed by atoms with Gasteiger partial charge in [0.2, 0.25) is 0 Å². The molecular formula is C17H24ClNO2. The van der Waals surface area contributed by atoms with Crippen molar-refractivity contribution in [3.8, 4) is 0 Å². The van der Waals surface area contributed by atoms with Crippen LogP contribution in [0, 0.1) is 0 Å². The van der Waals surface area contributed by atoms with E-state index < -0.39 is 5.97 Å². The predicted molar refractivity (Wildman–Crippen MR) is 90.1 cm³/mol. The van der Waals surface area contributed by atoms with Gasteiger partial charge in [-0.25, -0.2) is 4.79 Å². The Morgan fingerprint density at radius 1 is 1.38 bits per heavy atom. The van der Waals surface area contributed by atoms with E-state index in [0.717, 1.165) is 30.3 Å². The van der Waals surface area contributed by atoms with Gasteiger partial charge < -0.3 is 10.0 Å². The average Bonchev–Trinajstić information content (AvgIpc) is 2.41. The van der Waals surface area contributed by atoms with E-state index in [1.54, 1.807) is 12.1 Å². The first-order valence-electron chi connectivity index (χ1n) is 7.43. The lowest BCUT2D eigenvalue weighted by Gasteiger charge is -2.30. The van der Waals surface area contributed by atoms with Gasteiger partial charge in [-0.3, -0.25) is 0 Å². The highest BCUT2D eigenvalue weighted by Gasteiger charge is 2.14. The van der Waals surface area contributed by atoms with Crippen molar-refractivity contribution in [3.63, 3.8) is 0 Å². The van der Waals surface area contributed by atoms with Crippen LogP contribution >= 0.6 is 11.6 Å². The van der Waals surface area contributed by atoms with Crippen LogP contribution in [0.4, 0.5) is 5.69 Å². The maximum absolute atomic E-state index is 10.7. The minimum Gasteiger partial charge on any atom is -0.478 e. The van der Waals surface area contributed by atoms with Crippen molar-refractivity contribution in [3.05, 3.63) is 34.9 Å². The molecule has 0 unspecified atom stereocenters. The van der Waals surface area contributed by atoms with Crippen LogP contribution in [0.3, 0.4) is 0 Å². The third-order valence-corrected chi connectivity index (χ3v) is 3.57. The maximum atomic E-state index is 10.7. The molecule has 0 radical (unpaired) electrons. The van der Waals surface area contributed by atoms with Crippen molar-refractivity contribution in [2.45, 2.75) is 46.1 Å². The second-order valence-corrected chi connectivity index (χ2v) is 5.81. The number of unbranched alkanes of at least 4 members (excludes halogenated alkanes) is 2. The summed E-state index contributed by atoms with van der Waals surface area (Å²) in [5, 5.41) is 9.48. The lowest BCUT2D eigenvalue weighted by Crippen LogP contribution is -2.32. The van der Waals surface area contributed by atoms with Gasteiger partial charge in [0.15, 0.2) is 0 Å². The van der Waals surface area contributed by atoms with Crippen molar-refractivity contribution in [1.29, 1.82) is 0 Å². The van der Waals surface area contributed by atoms with Crippen LogP contribution in [0.25, 0.3) is 6.08 Å². The maximum Gasteiger partial charge on any atom is 0.328 e. The zero-order valence-electron chi connectivity index (χ0n) is 13.0. The second kappa shape index (κ2) is 8.73. The summed E-state index contributed by atoms with van der Waals surface area (Å²) < 4.78 is 0. The number of hydrogen-bond donors (Lipinski definition) is 1. The number of benzene rings is 1. The van der Waals surface area contributed by atoms with Crippen LogP contribution < -0.4 is 4.90 Å². The predicted octanol–water partition coefficient (Wildman–Crippen LogP) is 4.84. The van der Waals surface area contributed by atoms with Crippen LogP contribution in [0.15, 0.2) is 24.3 Å². The third kappa shape index (κ3) is 5.80. The molecule has 4 heteroatoms. The lowest BCUT2D eigenvalue weighted by atomic mass is 10.1. The van der Waals surface area contributed by atoms with Gasteiger partial charge in [0, 0.05) is 29.4 Å². The Morgan fingerprint density at radius 2 is 2.10 bits per heavy atom. The Labute approximate surface area is 132 Å². The molecule has 0 aromatic heterocycles. The van der Waals surface area contributed by atoms with E-state index in [0.29, 0.717) is 11.1 Å². The van der Waals surface area contributed by atoms with Gasteiger partial charge in [-0.1, -0.05) is 37.4 Å². The standard InChI is InChI=1S/C17H24ClNO2/c1-4-5-6-11-19(13(2)3)16-12-15(18)9-7-14(16)8-10-17(20)21/h7-10,12-13H,4-6,11H2,1-3H3,(H,20,21)/b10-8+. The molecule has 0 fully saturated rings. The number of carbonyl (C=O) groups is 1. The topological polar surface area (TPSA) is 40.5 Å². The van der Waals surface area contributed by atoms with E-state index in [1.807, 2.05) is 12.1 Å². The molecule has 3 nitrogen and oxygen atoms in total. The quantitative estimate of drug-likeness (QED) is 0.551. The highest BCUT2D eigenvalue weighted by molar-refractivity contribution is 6.31. The number of nitrogens with zero attached hydrogens (tertiary/aromatic N) is 1.